The standard InChI is InChI=1S/C18H16N4O/c1-2-18-21-15-8-3-4-9-16(15)22(18)12-17(23)13(11-19)14-7-5-6-10-20-14/h3-10,13H,2,12H2,1H3. The van der Waals surface area contributed by atoms with Crippen LogP contribution in [0.5, 0.6) is 0 Å². The van der Waals surface area contributed by atoms with Gasteiger partial charge in [0.25, 0.3) is 0 Å². The van der Waals surface area contributed by atoms with Gasteiger partial charge in [0.2, 0.25) is 0 Å². The van der Waals surface area contributed by atoms with E-state index in [1.54, 1.807) is 24.4 Å². The third-order valence-corrected chi connectivity index (χ3v) is 3.80. The van der Waals surface area contributed by atoms with Gasteiger partial charge in [0.15, 0.2) is 5.78 Å². The normalized spacial score (nSPS) is 12.0. The average Bonchev–Trinajstić information content (AvgIpc) is 2.94. The van der Waals surface area contributed by atoms with Crippen LogP contribution in [0.1, 0.15) is 24.4 Å². The van der Waals surface area contributed by atoms with Crippen LogP contribution in [0.3, 0.4) is 0 Å². The first-order chi connectivity index (χ1) is 11.2. The van der Waals surface area contributed by atoms with E-state index in [1.165, 1.54) is 0 Å². The highest BCUT2D eigenvalue weighted by molar-refractivity contribution is 5.89. The highest BCUT2D eigenvalue weighted by Crippen LogP contribution is 2.19. The molecule has 0 saturated carbocycles. The first-order valence-corrected chi connectivity index (χ1v) is 7.52. The minimum absolute atomic E-state index is 0.123. The molecule has 0 saturated heterocycles. The molecular formula is C18H16N4O. The van der Waals surface area contributed by atoms with Crippen molar-refractivity contribution in [2.45, 2.75) is 25.8 Å². The van der Waals surface area contributed by atoms with Crippen molar-refractivity contribution in [3.63, 3.8) is 0 Å². The fourth-order valence-corrected chi connectivity index (χ4v) is 2.67. The number of carbonyl (C=O) groups excluding carboxylic acids is 1. The third-order valence-electron chi connectivity index (χ3n) is 3.80. The highest BCUT2D eigenvalue weighted by Gasteiger charge is 2.23. The molecule has 3 aromatic rings. The summed E-state index contributed by atoms with van der Waals surface area (Å²) in [7, 11) is 0. The minimum Gasteiger partial charge on any atom is -0.320 e. The second-order valence-electron chi connectivity index (χ2n) is 5.24. The monoisotopic (exact) mass is 304 g/mol. The lowest BCUT2D eigenvalue weighted by Gasteiger charge is -2.11. The van der Waals surface area contributed by atoms with Gasteiger partial charge in [0, 0.05) is 12.6 Å². The number of aryl methyl sites for hydroxylation is 1. The summed E-state index contributed by atoms with van der Waals surface area (Å²) in [4.78, 5) is 21.3. The van der Waals surface area contributed by atoms with Gasteiger partial charge < -0.3 is 4.57 Å². The molecule has 3 rings (SSSR count). The number of hydrogen-bond acceptors (Lipinski definition) is 4. The first kappa shape index (κ1) is 14.9. The van der Waals surface area contributed by atoms with Crippen molar-refractivity contribution in [2.24, 2.45) is 0 Å². The molecule has 0 bridgehead atoms. The molecule has 0 aliphatic heterocycles. The molecule has 0 spiro atoms. The highest BCUT2D eigenvalue weighted by atomic mass is 16.1. The number of hydrogen-bond donors (Lipinski definition) is 0. The van der Waals surface area contributed by atoms with Gasteiger partial charge in [-0.3, -0.25) is 9.78 Å². The van der Waals surface area contributed by atoms with Gasteiger partial charge in [-0.05, 0) is 24.3 Å². The van der Waals surface area contributed by atoms with E-state index in [-0.39, 0.29) is 12.3 Å². The second kappa shape index (κ2) is 6.41. The van der Waals surface area contributed by atoms with Crippen molar-refractivity contribution >= 4 is 16.8 Å². The summed E-state index contributed by atoms with van der Waals surface area (Å²) >= 11 is 0. The Bertz CT molecular complexity index is 877. The van der Waals surface area contributed by atoms with Crippen LogP contribution < -0.4 is 0 Å². The first-order valence-electron chi connectivity index (χ1n) is 7.52. The number of fused-ring (bicyclic) bond motifs is 1. The number of para-hydroxylation sites is 2. The van der Waals surface area contributed by atoms with E-state index in [4.69, 9.17) is 0 Å². The number of aromatic nitrogens is 3. The van der Waals surface area contributed by atoms with E-state index in [0.717, 1.165) is 23.3 Å². The number of imidazole rings is 1. The molecule has 5 nitrogen and oxygen atoms in total. The molecule has 2 heterocycles. The van der Waals surface area contributed by atoms with Crippen LogP contribution in [0.2, 0.25) is 0 Å². The number of Topliss-reactive ketones (excluding diaryl/α,β-unsaturated/α-hetero) is 1. The number of nitrogens with zero attached hydrogens (tertiary/aromatic N) is 4. The maximum absolute atomic E-state index is 12.6. The summed E-state index contributed by atoms with van der Waals surface area (Å²) in [5.74, 6) is -0.191. The van der Waals surface area contributed by atoms with Gasteiger partial charge in [-0.25, -0.2) is 4.98 Å². The zero-order valence-corrected chi connectivity index (χ0v) is 12.8. The van der Waals surface area contributed by atoms with Crippen molar-refractivity contribution < 1.29 is 4.79 Å². The molecule has 1 aromatic carbocycles. The molecule has 1 atom stereocenters. The summed E-state index contributed by atoms with van der Waals surface area (Å²) in [6.45, 7) is 2.13. The van der Waals surface area contributed by atoms with Crippen molar-refractivity contribution in [3.05, 3.63) is 60.2 Å². The van der Waals surface area contributed by atoms with Crippen molar-refractivity contribution in [2.75, 3.05) is 0 Å². The topological polar surface area (TPSA) is 71.6 Å². The summed E-state index contributed by atoms with van der Waals surface area (Å²) in [5.41, 5.74) is 2.27. The number of benzene rings is 1. The largest absolute Gasteiger partial charge is 0.320 e. The maximum Gasteiger partial charge on any atom is 0.175 e. The molecule has 23 heavy (non-hydrogen) atoms. The Hall–Kier alpha value is -3.00. The van der Waals surface area contributed by atoms with E-state index < -0.39 is 5.92 Å². The molecule has 1 unspecified atom stereocenters. The van der Waals surface area contributed by atoms with Crippen LogP contribution in [0, 0.1) is 11.3 Å². The number of pyridine rings is 1. The van der Waals surface area contributed by atoms with Crippen LogP contribution >= 0.6 is 0 Å². The minimum atomic E-state index is -0.859. The summed E-state index contributed by atoms with van der Waals surface area (Å²) in [5, 5.41) is 9.38. The molecule has 2 aromatic heterocycles. The molecule has 0 radical (unpaired) electrons. The average molecular weight is 304 g/mol. The van der Waals surface area contributed by atoms with Gasteiger partial charge in [0.1, 0.15) is 11.7 Å². The van der Waals surface area contributed by atoms with E-state index in [2.05, 4.69) is 16.0 Å². The Balaban J connectivity index is 1.95. The Morgan fingerprint density at radius 2 is 2.04 bits per heavy atom. The molecule has 0 aliphatic rings. The van der Waals surface area contributed by atoms with Gasteiger partial charge in [0.05, 0.1) is 29.3 Å². The molecule has 0 fully saturated rings. The summed E-state index contributed by atoms with van der Waals surface area (Å²) in [6, 6.07) is 15.0. The Kier molecular flexibility index (Phi) is 4.15. The van der Waals surface area contributed by atoms with Crippen LogP contribution in [-0.4, -0.2) is 20.3 Å². The Morgan fingerprint density at radius 1 is 1.26 bits per heavy atom. The van der Waals surface area contributed by atoms with Crippen molar-refractivity contribution in [3.8, 4) is 6.07 Å². The lowest BCUT2D eigenvalue weighted by molar-refractivity contribution is -0.119. The van der Waals surface area contributed by atoms with E-state index in [1.807, 2.05) is 35.8 Å². The predicted molar refractivity (Wildman–Crippen MR) is 86.7 cm³/mol. The van der Waals surface area contributed by atoms with E-state index in [0.29, 0.717) is 5.69 Å². The van der Waals surface area contributed by atoms with Crippen LogP contribution in [0.25, 0.3) is 11.0 Å². The fraction of sp³-hybridized carbons (Fsp3) is 0.222. The number of nitriles is 1. The quantitative estimate of drug-likeness (QED) is 0.726. The Labute approximate surface area is 134 Å². The zero-order chi connectivity index (χ0) is 16.2. The number of ketones is 1. The van der Waals surface area contributed by atoms with Gasteiger partial charge in [-0.15, -0.1) is 0 Å². The summed E-state index contributed by atoms with van der Waals surface area (Å²) < 4.78 is 1.89. The molecule has 0 aliphatic carbocycles. The molecule has 0 amide bonds. The maximum atomic E-state index is 12.6. The van der Waals surface area contributed by atoms with Crippen molar-refractivity contribution in [1.29, 1.82) is 5.26 Å². The molecular weight excluding hydrogens is 288 g/mol. The zero-order valence-electron chi connectivity index (χ0n) is 12.8. The lowest BCUT2D eigenvalue weighted by atomic mass is 10.0. The van der Waals surface area contributed by atoms with Crippen LogP contribution in [0.15, 0.2) is 48.7 Å². The molecule has 5 heteroatoms. The number of rotatable bonds is 5. The molecule has 0 N–H and O–H groups in total. The van der Waals surface area contributed by atoms with Gasteiger partial charge in [-0.1, -0.05) is 25.1 Å². The van der Waals surface area contributed by atoms with E-state index in [9.17, 15) is 10.1 Å². The Morgan fingerprint density at radius 3 is 2.74 bits per heavy atom. The van der Waals surface area contributed by atoms with Crippen LogP contribution in [-0.2, 0) is 17.8 Å². The van der Waals surface area contributed by atoms with Crippen molar-refractivity contribution in [1.82, 2.24) is 14.5 Å². The van der Waals surface area contributed by atoms with Gasteiger partial charge >= 0.3 is 0 Å². The lowest BCUT2D eigenvalue weighted by Crippen LogP contribution is -2.19. The fourth-order valence-electron chi connectivity index (χ4n) is 2.67. The van der Waals surface area contributed by atoms with Crippen LogP contribution in [0.4, 0.5) is 0 Å². The van der Waals surface area contributed by atoms with Gasteiger partial charge in [-0.2, -0.15) is 5.26 Å². The smallest absolute Gasteiger partial charge is 0.175 e. The SMILES string of the molecule is CCc1nc2ccccc2n1CC(=O)C(C#N)c1ccccn1. The third kappa shape index (κ3) is 2.84. The second-order valence-corrected chi connectivity index (χ2v) is 5.24. The molecule has 114 valence electrons. The summed E-state index contributed by atoms with van der Waals surface area (Å²) in [6.07, 6.45) is 2.32. The predicted octanol–water partition coefficient (Wildman–Crippen LogP) is 2.87. The van der Waals surface area contributed by atoms with E-state index >= 15 is 0 Å². The number of carbonyl (C=O) groups is 1.